The molecule has 1 heterocycles. The average Bonchev–Trinajstić information content (AvgIpc) is 2.93. The number of ether oxygens (including phenoxy) is 2. The van der Waals surface area contributed by atoms with Gasteiger partial charge in [-0.05, 0) is 32.0 Å². The first-order chi connectivity index (χ1) is 19.3. The number of nitrogens with two attached hydrogens (primary N) is 1. The second-order valence-corrected chi connectivity index (χ2v) is 10.4. The molecule has 0 saturated heterocycles. The zero-order valence-electron chi connectivity index (χ0n) is 23.1. The molecule has 0 aromatic heterocycles. The second kappa shape index (κ2) is 15.2. The summed E-state index contributed by atoms with van der Waals surface area (Å²) in [7, 11) is 1.94. The number of nitrogens with one attached hydrogen (secondary N) is 1. The number of dihydropyridines is 1. The summed E-state index contributed by atoms with van der Waals surface area (Å²) in [6.07, 6.45) is 0. The minimum absolute atomic E-state index is 0.123. The molecule has 2 aromatic carbocycles. The molecular formula is C29H36N4O6S. The fourth-order valence-electron chi connectivity index (χ4n) is 4.49. The number of esters is 2. The zero-order chi connectivity index (χ0) is 29.1. The molecule has 1 aliphatic rings. The van der Waals surface area contributed by atoms with E-state index in [4.69, 9.17) is 15.2 Å². The van der Waals surface area contributed by atoms with E-state index in [1.54, 1.807) is 19.9 Å². The number of nitrogens with zero attached hydrogens (tertiary/aromatic N) is 2. The van der Waals surface area contributed by atoms with Crippen molar-refractivity contribution in [2.24, 2.45) is 5.73 Å². The van der Waals surface area contributed by atoms with Gasteiger partial charge in [0.05, 0.1) is 28.6 Å². The van der Waals surface area contributed by atoms with Crippen LogP contribution >= 0.6 is 11.8 Å². The molecule has 214 valence electrons. The van der Waals surface area contributed by atoms with E-state index in [-0.39, 0.29) is 30.0 Å². The SMILES string of the molecule is CCOC(=O)C1=C(CSCCN)NC(C)=C(C(=O)OCCN(C)Cc2ccccc2)C1c1cccc([N+](=O)[O-])c1. The van der Waals surface area contributed by atoms with Crippen molar-refractivity contribution in [3.8, 4) is 0 Å². The Morgan fingerprint density at radius 2 is 1.82 bits per heavy atom. The quantitative estimate of drug-likeness (QED) is 0.150. The van der Waals surface area contributed by atoms with Gasteiger partial charge in [-0.3, -0.25) is 15.0 Å². The smallest absolute Gasteiger partial charge is 0.336 e. The summed E-state index contributed by atoms with van der Waals surface area (Å²) in [4.78, 5) is 40.0. The largest absolute Gasteiger partial charge is 0.463 e. The number of nitro groups is 1. The molecule has 0 saturated carbocycles. The van der Waals surface area contributed by atoms with Gasteiger partial charge in [0.1, 0.15) is 6.61 Å². The third-order valence-corrected chi connectivity index (χ3v) is 7.30. The minimum Gasteiger partial charge on any atom is -0.463 e. The first-order valence-electron chi connectivity index (χ1n) is 13.1. The molecule has 0 amide bonds. The predicted molar refractivity (Wildman–Crippen MR) is 155 cm³/mol. The van der Waals surface area contributed by atoms with Gasteiger partial charge < -0.3 is 20.5 Å². The molecule has 0 spiro atoms. The van der Waals surface area contributed by atoms with Crippen LogP contribution in [0.4, 0.5) is 5.69 Å². The van der Waals surface area contributed by atoms with Gasteiger partial charge in [-0.15, -0.1) is 0 Å². The highest BCUT2D eigenvalue weighted by Crippen LogP contribution is 2.40. The molecule has 11 heteroatoms. The molecule has 0 aliphatic carbocycles. The van der Waals surface area contributed by atoms with Crippen molar-refractivity contribution in [3.63, 3.8) is 0 Å². The first-order valence-corrected chi connectivity index (χ1v) is 14.2. The highest BCUT2D eigenvalue weighted by atomic mass is 32.2. The van der Waals surface area contributed by atoms with Gasteiger partial charge in [0.25, 0.3) is 5.69 Å². The van der Waals surface area contributed by atoms with Crippen LogP contribution in [0, 0.1) is 10.1 Å². The van der Waals surface area contributed by atoms with Gasteiger partial charge in [-0.1, -0.05) is 42.5 Å². The number of non-ortho nitro benzene ring substituents is 1. The summed E-state index contributed by atoms with van der Waals surface area (Å²) in [5.41, 5.74) is 8.60. The van der Waals surface area contributed by atoms with Gasteiger partial charge >= 0.3 is 11.9 Å². The Labute approximate surface area is 238 Å². The number of nitro benzene ring substituents is 1. The third-order valence-electron chi connectivity index (χ3n) is 6.28. The average molecular weight is 569 g/mol. The number of hydrogen-bond donors (Lipinski definition) is 2. The van der Waals surface area contributed by atoms with Gasteiger partial charge in [-0.25, -0.2) is 9.59 Å². The van der Waals surface area contributed by atoms with Gasteiger partial charge in [0, 0.05) is 54.7 Å². The van der Waals surface area contributed by atoms with E-state index in [2.05, 4.69) is 5.32 Å². The van der Waals surface area contributed by atoms with E-state index in [0.717, 1.165) is 5.56 Å². The van der Waals surface area contributed by atoms with E-state index >= 15 is 0 Å². The summed E-state index contributed by atoms with van der Waals surface area (Å²) in [5.74, 6) is -1.04. The summed E-state index contributed by atoms with van der Waals surface area (Å²) in [6, 6.07) is 15.9. The van der Waals surface area contributed by atoms with Crippen molar-refractivity contribution < 1.29 is 24.0 Å². The number of allylic oxidation sites excluding steroid dienone is 1. The molecule has 40 heavy (non-hydrogen) atoms. The van der Waals surface area contributed by atoms with Crippen molar-refractivity contribution in [2.45, 2.75) is 26.3 Å². The van der Waals surface area contributed by atoms with Crippen molar-refractivity contribution >= 4 is 29.4 Å². The van der Waals surface area contributed by atoms with E-state index < -0.39 is 22.8 Å². The summed E-state index contributed by atoms with van der Waals surface area (Å²) in [5, 5.41) is 14.8. The highest BCUT2D eigenvalue weighted by molar-refractivity contribution is 7.99. The number of hydrogen-bond acceptors (Lipinski definition) is 10. The highest BCUT2D eigenvalue weighted by Gasteiger charge is 2.39. The lowest BCUT2D eigenvalue weighted by molar-refractivity contribution is -0.384. The van der Waals surface area contributed by atoms with Crippen LogP contribution in [-0.2, 0) is 25.6 Å². The van der Waals surface area contributed by atoms with E-state index in [1.807, 2.05) is 42.3 Å². The topological polar surface area (TPSA) is 137 Å². The van der Waals surface area contributed by atoms with Gasteiger partial charge in [-0.2, -0.15) is 11.8 Å². The molecule has 3 rings (SSSR count). The lowest BCUT2D eigenvalue weighted by Gasteiger charge is -2.31. The Balaban J connectivity index is 1.93. The molecular weight excluding hydrogens is 532 g/mol. The van der Waals surface area contributed by atoms with Crippen LogP contribution in [0.5, 0.6) is 0 Å². The summed E-state index contributed by atoms with van der Waals surface area (Å²) < 4.78 is 11.1. The molecule has 1 unspecified atom stereocenters. The molecule has 10 nitrogen and oxygen atoms in total. The molecule has 0 radical (unpaired) electrons. The van der Waals surface area contributed by atoms with Gasteiger partial charge in [0.15, 0.2) is 0 Å². The fourth-order valence-corrected chi connectivity index (χ4v) is 5.23. The van der Waals surface area contributed by atoms with Crippen LogP contribution in [0.1, 0.15) is 30.9 Å². The Morgan fingerprint density at radius 3 is 2.50 bits per heavy atom. The van der Waals surface area contributed by atoms with E-state index in [1.165, 1.54) is 30.0 Å². The molecule has 1 atom stereocenters. The van der Waals surface area contributed by atoms with Gasteiger partial charge in [0.2, 0.25) is 0 Å². The number of rotatable bonds is 14. The normalized spacial score (nSPS) is 15.2. The van der Waals surface area contributed by atoms with Crippen LogP contribution in [0.3, 0.4) is 0 Å². The number of carbonyl (C=O) groups excluding carboxylic acids is 2. The second-order valence-electron chi connectivity index (χ2n) is 9.26. The maximum atomic E-state index is 13.6. The van der Waals surface area contributed by atoms with Crippen LogP contribution < -0.4 is 11.1 Å². The number of thioether (sulfide) groups is 1. The monoisotopic (exact) mass is 568 g/mol. The van der Waals surface area contributed by atoms with Crippen LogP contribution in [0.2, 0.25) is 0 Å². The zero-order valence-corrected chi connectivity index (χ0v) is 23.9. The Bertz CT molecular complexity index is 1260. The molecule has 3 N–H and O–H groups in total. The van der Waals surface area contributed by atoms with E-state index in [0.29, 0.717) is 48.1 Å². The number of benzene rings is 2. The Morgan fingerprint density at radius 1 is 1.10 bits per heavy atom. The maximum absolute atomic E-state index is 13.6. The Kier molecular flexibility index (Phi) is 11.7. The lowest BCUT2D eigenvalue weighted by Crippen LogP contribution is -2.35. The van der Waals surface area contributed by atoms with Crippen molar-refractivity contribution in [3.05, 3.63) is 98.4 Å². The lowest BCUT2D eigenvalue weighted by atomic mass is 9.80. The van der Waals surface area contributed by atoms with Crippen molar-refractivity contribution in [1.82, 2.24) is 10.2 Å². The number of carbonyl (C=O) groups is 2. The fraction of sp³-hybridized carbons (Fsp3) is 0.379. The van der Waals surface area contributed by atoms with Crippen LogP contribution in [-0.4, -0.2) is 66.6 Å². The number of likely N-dealkylation sites (N-methyl/N-ethyl adjacent to an activating group) is 1. The van der Waals surface area contributed by atoms with Crippen molar-refractivity contribution in [1.29, 1.82) is 0 Å². The standard InChI is InChI=1S/C29H36N4O6S/c1-4-38-29(35)27-24(19-40-16-13-30)31-20(2)25(26(27)22-11-8-12-23(17-22)33(36)37)28(34)39-15-14-32(3)18-21-9-6-5-7-10-21/h5-12,17,26,31H,4,13-16,18-19,30H2,1-3H3. The molecule has 0 fully saturated rings. The predicted octanol–water partition coefficient (Wildman–Crippen LogP) is 3.74. The van der Waals surface area contributed by atoms with Crippen molar-refractivity contribution in [2.75, 3.05) is 44.9 Å². The van der Waals surface area contributed by atoms with Crippen LogP contribution in [0.25, 0.3) is 0 Å². The van der Waals surface area contributed by atoms with E-state index in [9.17, 15) is 19.7 Å². The molecule has 1 aliphatic heterocycles. The minimum atomic E-state index is -0.914. The summed E-state index contributed by atoms with van der Waals surface area (Å²) >= 11 is 1.53. The Hall–Kier alpha value is -3.67. The first kappa shape index (κ1) is 30.9. The summed E-state index contributed by atoms with van der Waals surface area (Å²) in [6.45, 7) is 5.33. The van der Waals surface area contributed by atoms with Crippen LogP contribution in [0.15, 0.2) is 77.1 Å². The third kappa shape index (κ3) is 8.17. The molecule has 2 aromatic rings. The molecule has 0 bridgehead atoms. The maximum Gasteiger partial charge on any atom is 0.336 e.